The maximum atomic E-state index is 13.6. The number of aromatic amines is 1. The van der Waals surface area contributed by atoms with Crippen molar-refractivity contribution in [3.05, 3.63) is 63.6 Å². The van der Waals surface area contributed by atoms with Crippen LogP contribution in [0, 0.1) is 10.6 Å². The minimum absolute atomic E-state index is 0.101. The molecule has 0 fully saturated rings. The third kappa shape index (κ3) is 2.49. The molecule has 5 heteroatoms. The van der Waals surface area contributed by atoms with Crippen LogP contribution in [0.25, 0.3) is 11.0 Å². The molecule has 1 aromatic heterocycles. The van der Waals surface area contributed by atoms with Crippen LogP contribution in [0.1, 0.15) is 5.56 Å². The Balaban J connectivity index is 1.97. The van der Waals surface area contributed by atoms with E-state index in [0.717, 1.165) is 17.5 Å². The molecule has 0 spiro atoms. The Morgan fingerprint density at radius 3 is 2.70 bits per heavy atom. The van der Waals surface area contributed by atoms with E-state index in [4.69, 9.17) is 23.8 Å². The maximum Gasteiger partial charge on any atom is 0.178 e. The summed E-state index contributed by atoms with van der Waals surface area (Å²) in [6.07, 6.45) is 0.840. The molecule has 3 rings (SSSR count). The zero-order valence-electron chi connectivity index (χ0n) is 10.6. The average molecular weight is 307 g/mol. The molecule has 0 aliphatic rings. The van der Waals surface area contributed by atoms with Gasteiger partial charge < -0.3 is 9.55 Å². The highest BCUT2D eigenvalue weighted by Crippen LogP contribution is 2.23. The Morgan fingerprint density at radius 2 is 1.95 bits per heavy atom. The smallest absolute Gasteiger partial charge is 0.178 e. The highest BCUT2D eigenvalue weighted by atomic mass is 35.5. The van der Waals surface area contributed by atoms with Gasteiger partial charge in [0.1, 0.15) is 5.82 Å². The lowest BCUT2D eigenvalue weighted by atomic mass is 10.1. The van der Waals surface area contributed by atoms with Crippen LogP contribution in [0.5, 0.6) is 0 Å². The zero-order chi connectivity index (χ0) is 14.1. The molecule has 20 heavy (non-hydrogen) atoms. The lowest BCUT2D eigenvalue weighted by Crippen LogP contribution is -2.01. The van der Waals surface area contributed by atoms with Crippen molar-refractivity contribution in [3.8, 4) is 0 Å². The fraction of sp³-hybridized carbons (Fsp3) is 0.133. The van der Waals surface area contributed by atoms with E-state index in [2.05, 4.69) is 17.1 Å². The molecule has 0 saturated heterocycles. The summed E-state index contributed by atoms with van der Waals surface area (Å²) in [7, 11) is 0. The molecule has 1 N–H and O–H groups in total. The molecule has 0 atom stereocenters. The minimum Gasteiger partial charge on any atom is -0.331 e. The maximum absolute atomic E-state index is 13.6. The summed E-state index contributed by atoms with van der Waals surface area (Å²) < 4.78 is 16.1. The Hall–Kier alpha value is -1.65. The van der Waals surface area contributed by atoms with E-state index in [9.17, 15) is 4.39 Å². The van der Waals surface area contributed by atoms with Crippen LogP contribution in [0.4, 0.5) is 4.39 Å². The SMILES string of the molecule is Fc1cc2c(cc1Cl)[nH]c(=S)n2CCc1ccccc1. The van der Waals surface area contributed by atoms with Gasteiger partial charge in [0, 0.05) is 12.6 Å². The topological polar surface area (TPSA) is 20.7 Å². The monoisotopic (exact) mass is 306 g/mol. The molecule has 0 bridgehead atoms. The number of aryl methyl sites for hydroxylation is 2. The summed E-state index contributed by atoms with van der Waals surface area (Å²) in [6, 6.07) is 13.1. The summed E-state index contributed by atoms with van der Waals surface area (Å²) in [5.74, 6) is -0.429. The van der Waals surface area contributed by atoms with E-state index in [1.54, 1.807) is 6.07 Å². The number of halogens is 2. The fourth-order valence-corrected chi connectivity index (χ4v) is 2.72. The number of benzene rings is 2. The lowest BCUT2D eigenvalue weighted by molar-refractivity contribution is 0.627. The third-order valence-corrected chi connectivity index (χ3v) is 3.90. The first-order valence-corrected chi connectivity index (χ1v) is 7.05. The number of nitrogens with zero attached hydrogens (tertiary/aromatic N) is 1. The molecule has 0 aliphatic heterocycles. The predicted molar refractivity (Wildman–Crippen MR) is 82.2 cm³/mol. The van der Waals surface area contributed by atoms with E-state index >= 15 is 0 Å². The molecule has 0 amide bonds. The quantitative estimate of drug-likeness (QED) is 0.694. The van der Waals surface area contributed by atoms with Crippen molar-refractivity contribution in [2.24, 2.45) is 0 Å². The van der Waals surface area contributed by atoms with Gasteiger partial charge in [-0.2, -0.15) is 0 Å². The molecular formula is C15H12ClFN2S. The van der Waals surface area contributed by atoms with Gasteiger partial charge in [-0.15, -0.1) is 0 Å². The summed E-state index contributed by atoms with van der Waals surface area (Å²) in [5.41, 5.74) is 2.72. The molecule has 0 radical (unpaired) electrons. The first-order chi connectivity index (χ1) is 9.65. The van der Waals surface area contributed by atoms with Crippen molar-refractivity contribution < 1.29 is 4.39 Å². The predicted octanol–water partition coefficient (Wildman–Crippen LogP) is 4.73. The minimum atomic E-state index is -0.429. The molecular weight excluding hydrogens is 295 g/mol. The van der Waals surface area contributed by atoms with Crippen LogP contribution in [0.3, 0.4) is 0 Å². The van der Waals surface area contributed by atoms with Crippen molar-refractivity contribution in [1.82, 2.24) is 9.55 Å². The second-order valence-electron chi connectivity index (χ2n) is 4.60. The van der Waals surface area contributed by atoms with E-state index in [0.29, 0.717) is 11.3 Å². The van der Waals surface area contributed by atoms with E-state index in [1.807, 2.05) is 22.8 Å². The number of aromatic nitrogens is 2. The van der Waals surface area contributed by atoms with Gasteiger partial charge in [0.15, 0.2) is 4.77 Å². The van der Waals surface area contributed by atoms with Crippen molar-refractivity contribution in [2.75, 3.05) is 0 Å². The highest BCUT2D eigenvalue weighted by molar-refractivity contribution is 7.71. The Labute approximate surface area is 125 Å². The summed E-state index contributed by atoms with van der Waals surface area (Å²) in [5, 5.41) is 0.101. The second kappa shape index (κ2) is 5.38. The normalized spacial score (nSPS) is 11.1. The van der Waals surface area contributed by atoms with Gasteiger partial charge in [-0.3, -0.25) is 0 Å². The number of H-pyrrole nitrogens is 1. The number of imidazole rings is 1. The van der Waals surface area contributed by atoms with Crippen LogP contribution in [0.2, 0.25) is 5.02 Å². The van der Waals surface area contributed by atoms with E-state index in [-0.39, 0.29) is 5.02 Å². The Morgan fingerprint density at radius 1 is 1.20 bits per heavy atom. The molecule has 0 aliphatic carbocycles. The van der Waals surface area contributed by atoms with Gasteiger partial charge >= 0.3 is 0 Å². The summed E-state index contributed by atoms with van der Waals surface area (Å²) >= 11 is 11.1. The first-order valence-electron chi connectivity index (χ1n) is 6.26. The van der Waals surface area contributed by atoms with Gasteiger partial charge in [-0.25, -0.2) is 4.39 Å². The van der Waals surface area contributed by atoms with Crippen LogP contribution in [-0.2, 0) is 13.0 Å². The van der Waals surface area contributed by atoms with Gasteiger partial charge in [-0.05, 0) is 30.3 Å². The molecule has 2 nitrogen and oxygen atoms in total. The van der Waals surface area contributed by atoms with Crippen molar-refractivity contribution in [1.29, 1.82) is 0 Å². The number of nitrogens with one attached hydrogen (secondary N) is 1. The largest absolute Gasteiger partial charge is 0.331 e. The number of rotatable bonds is 3. The Bertz CT molecular complexity index is 808. The summed E-state index contributed by atoms with van der Waals surface area (Å²) in [4.78, 5) is 3.06. The Kier molecular flexibility index (Phi) is 3.59. The molecule has 3 aromatic rings. The number of hydrogen-bond acceptors (Lipinski definition) is 1. The lowest BCUT2D eigenvalue weighted by Gasteiger charge is -2.05. The van der Waals surface area contributed by atoms with Crippen LogP contribution < -0.4 is 0 Å². The van der Waals surface area contributed by atoms with Crippen molar-refractivity contribution >= 4 is 34.9 Å². The third-order valence-electron chi connectivity index (χ3n) is 3.28. The molecule has 0 saturated carbocycles. The first kappa shape index (κ1) is 13.3. The van der Waals surface area contributed by atoms with Gasteiger partial charge in [0.05, 0.1) is 16.1 Å². The zero-order valence-corrected chi connectivity index (χ0v) is 12.1. The van der Waals surface area contributed by atoms with Crippen molar-refractivity contribution in [2.45, 2.75) is 13.0 Å². The van der Waals surface area contributed by atoms with E-state index in [1.165, 1.54) is 11.6 Å². The summed E-state index contributed by atoms with van der Waals surface area (Å²) in [6.45, 7) is 0.698. The van der Waals surface area contributed by atoms with Crippen LogP contribution >= 0.6 is 23.8 Å². The number of fused-ring (bicyclic) bond motifs is 1. The van der Waals surface area contributed by atoms with E-state index < -0.39 is 5.82 Å². The van der Waals surface area contributed by atoms with Gasteiger partial charge in [-0.1, -0.05) is 41.9 Å². The molecule has 1 heterocycles. The molecule has 0 unspecified atom stereocenters. The molecule has 102 valence electrons. The number of hydrogen-bond donors (Lipinski definition) is 1. The highest BCUT2D eigenvalue weighted by Gasteiger charge is 2.09. The average Bonchev–Trinajstić information content (AvgIpc) is 2.73. The van der Waals surface area contributed by atoms with Crippen LogP contribution in [-0.4, -0.2) is 9.55 Å². The standard InChI is InChI=1S/C15H12ClFN2S/c16-11-8-13-14(9-12(11)17)19(15(20)18-13)7-6-10-4-2-1-3-5-10/h1-5,8-9H,6-7H2,(H,18,20). The molecule has 2 aromatic carbocycles. The van der Waals surface area contributed by atoms with Gasteiger partial charge in [0.25, 0.3) is 0 Å². The van der Waals surface area contributed by atoms with Crippen molar-refractivity contribution in [3.63, 3.8) is 0 Å². The second-order valence-corrected chi connectivity index (χ2v) is 5.39. The van der Waals surface area contributed by atoms with Gasteiger partial charge in [0.2, 0.25) is 0 Å². The van der Waals surface area contributed by atoms with Crippen LogP contribution in [0.15, 0.2) is 42.5 Å². The fourth-order valence-electron chi connectivity index (χ4n) is 2.26.